The van der Waals surface area contributed by atoms with Crippen LogP contribution in [0.15, 0.2) is 41.3 Å². The van der Waals surface area contributed by atoms with Gasteiger partial charge in [0.25, 0.3) is 0 Å². The second-order valence-electron chi connectivity index (χ2n) is 7.67. The normalized spacial score (nSPS) is 12.7. The SMILES string of the molecule is COc1cc2c(cc1[As]Cc1ccc(F)cc1F)c(=O)c(C(=O)O)cn2C(CO)C(C)C. The monoisotopic (exact) mass is 506 g/mol. The van der Waals surface area contributed by atoms with Crippen molar-refractivity contribution in [3.63, 3.8) is 0 Å². The van der Waals surface area contributed by atoms with Crippen LogP contribution in [0.2, 0.25) is 0 Å². The zero-order valence-electron chi connectivity index (χ0n) is 17.8. The van der Waals surface area contributed by atoms with Gasteiger partial charge in [0.05, 0.1) is 0 Å². The number of pyridine rings is 1. The third kappa shape index (κ3) is 4.71. The summed E-state index contributed by atoms with van der Waals surface area (Å²) >= 11 is -0.721. The molecule has 3 rings (SSSR count). The van der Waals surface area contributed by atoms with Gasteiger partial charge < -0.3 is 0 Å². The predicted molar refractivity (Wildman–Crippen MR) is 118 cm³/mol. The second kappa shape index (κ2) is 9.84. The molecule has 1 radical (unpaired) electrons. The van der Waals surface area contributed by atoms with Gasteiger partial charge in [-0.25, -0.2) is 0 Å². The number of carboxylic acid groups (broad SMARTS) is 1. The number of nitrogens with zero attached hydrogens (tertiary/aromatic N) is 1. The van der Waals surface area contributed by atoms with Crippen molar-refractivity contribution in [3.8, 4) is 5.75 Å². The van der Waals surface area contributed by atoms with Crippen LogP contribution >= 0.6 is 0 Å². The average molecular weight is 506 g/mol. The molecule has 1 atom stereocenters. The Kier molecular flexibility index (Phi) is 7.36. The molecule has 9 heteroatoms. The van der Waals surface area contributed by atoms with E-state index < -0.39 is 50.4 Å². The average Bonchev–Trinajstić information content (AvgIpc) is 2.74. The molecule has 0 bridgehead atoms. The van der Waals surface area contributed by atoms with Gasteiger partial charge in [0.15, 0.2) is 0 Å². The molecule has 1 heterocycles. The van der Waals surface area contributed by atoms with Gasteiger partial charge in [-0.3, -0.25) is 0 Å². The third-order valence-electron chi connectivity index (χ3n) is 5.31. The first-order valence-corrected chi connectivity index (χ1v) is 12.2. The summed E-state index contributed by atoms with van der Waals surface area (Å²) in [4.78, 5) is 24.6. The molecule has 169 valence electrons. The molecule has 0 fully saturated rings. The van der Waals surface area contributed by atoms with Gasteiger partial charge >= 0.3 is 190 Å². The summed E-state index contributed by atoms with van der Waals surface area (Å²) in [6.45, 7) is 3.53. The Bertz CT molecular complexity index is 1230. The summed E-state index contributed by atoms with van der Waals surface area (Å²) in [5.41, 5.74) is -0.233. The molecule has 1 aromatic heterocycles. The van der Waals surface area contributed by atoms with E-state index in [1.54, 1.807) is 16.7 Å². The Morgan fingerprint density at radius 2 is 1.94 bits per heavy atom. The van der Waals surface area contributed by atoms with Gasteiger partial charge in [0.2, 0.25) is 0 Å². The van der Waals surface area contributed by atoms with Gasteiger partial charge in [-0.2, -0.15) is 0 Å². The Morgan fingerprint density at radius 3 is 2.50 bits per heavy atom. The van der Waals surface area contributed by atoms with Crippen LogP contribution in [0.1, 0.15) is 35.8 Å². The van der Waals surface area contributed by atoms with Crippen molar-refractivity contribution in [1.29, 1.82) is 0 Å². The number of hydrogen-bond acceptors (Lipinski definition) is 4. The fraction of sp³-hybridized carbons (Fsp3) is 0.304. The first kappa shape index (κ1) is 24.0. The van der Waals surface area contributed by atoms with Crippen molar-refractivity contribution in [2.24, 2.45) is 5.92 Å². The molecule has 6 nitrogen and oxygen atoms in total. The van der Waals surface area contributed by atoms with Crippen molar-refractivity contribution in [2.45, 2.75) is 25.1 Å². The molecule has 0 saturated carbocycles. The Labute approximate surface area is 190 Å². The molecule has 0 aliphatic heterocycles. The van der Waals surface area contributed by atoms with Crippen LogP contribution in [0.25, 0.3) is 10.9 Å². The number of aliphatic hydroxyl groups is 1. The maximum absolute atomic E-state index is 14.1. The third-order valence-corrected chi connectivity index (χ3v) is 7.81. The van der Waals surface area contributed by atoms with Crippen molar-refractivity contribution >= 4 is 37.0 Å². The molecule has 0 aliphatic carbocycles. The van der Waals surface area contributed by atoms with E-state index in [0.29, 0.717) is 26.4 Å². The number of ether oxygens (including phenoxy) is 1. The van der Waals surface area contributed by atoms with Crippen LogP contribution in [-0.2, 0) is 5.21 Å². The number of halogens is 2. The summed E-state index contributed by atoms with van der Waals surface area (Å²) in [7, 11) is 1.48. The molecule has 0 amide bonds. The Morgan fingerprint density at radius 1 is 1.22 bits per heavy atom. The van der Waals surface area contributed by atoms with Crippen LogP contribution in [0.3, 0.4) is 0 Å². The van der Waals surface area contributed by atoms with E-state index in [9.17, 15) is 28.6 Å². The molecule has 3 aromatic rings. The number of fused-ring (bicyclic) bond motifs is 1. The topological polar surface area (TPSA) is 88.8 Å². The summed E-state index contributed by atoms with van der Waals surface area (Å²) < 4.78 is 35.0. The maximum atomic E-state index is 14.1. The first-order valence-electron chi connectivity index (χ1n) is 9.90. The standard InChI is InChI=1S/C23H23AsF2NO5/c1-12(2)20(11-28)27-10-16(23(30)31)22(29)15-7-17(21(32-3)8-19(15)27)24-9-13-4-5-14(25)6-18(13)26/h4-8,10,12,20,28H,9,11H2,1-3H3,(H,30,31). The van der Waals surface area contributed by atoms with E-state index in [1.807, 2.05) is 13.8 Å². The zero-order chi connectivity index (χ0) is 23.6. The number of benzene rings is 2. The van der Waals surface area contributed by atoms with Crippen molar-refractivity contribution in [2.75, 3.05) is 13.7 Å². The first-order chi connectivity index (χ1) is 15.2. The summed E-state index contributed by atoms with van der Waals surface area (Å²) in [6, 6.07) is 6.20. The fourth-order valence-corrected chi connectivity index (χ4v) is 5.89. The van der Waals surface area contributed by atoms with E-state index in [4.69, 9.17) is 4.74 Å². The van der Waals surface area contributed by atoms with E-state index in [2.05, 4.69) is 0 Å². The predicted octanol–water partition coefficient (Wildman–Crippen LogP) is 2.71. The number of aromatic carboxylic acids is 1. The zero-order valence-corrected chi connectivity index (χ0v) is 19.7. The van der Waals surface area contributed by atoms with Crippen LogP contribution in [0, 0.1) is 17.6 Å². The molecular weight excluding hydrogens is 483 g/mol. The van der Waals surface area contributed by atoms with Crippen LogP contribution in [0.4, 0.5) is 8.78 Å². The molecule has 0 saturated heterocycles. The summed E-state index contributed by atoms with van der Waals surface area (Å²) in [5, 5.41) is 20.0. The van der Waals surface area contributed by atoms with Gasteiger partial charge in [-0.1, -0.05) is 0 Å². The minimum absolute atomic E-state index is 0.0363. The molecule has 2 aromatic carbocycles. The van der Waals surface area contributed by atoms with Crippen LogP contribution in [0.5, 0.6) is 5.75 Å². The number of methoxy groups -OCH3 is 1. The van der Waals surface area contributed by atoms with E-state index >= 15 is 0 Å². The summed E-state index contributed by atoms with van der Waals surface area (Å²) in [6.07, 6.45) is 1.26. The number of carboxylic acids is 1. The van der Waals surface area contributed by atoms with Crippen molar-refractivity contribution in [1.82, 2.24) is 4.57 Å². The Hall–Kier alpha value is -2.70. The molecular formula is C23H23AsF2NO5. The minimum atomic E-state index is -1.36. The number of carbonyl (C=O) groups is 1. The quantitative estimate of drug-likeness (QED) is 0.459. The van der Waals surface area contributed by atoms with E-state index in [0.717, 1.165) is 6.07 Å². The number of aliphatic hydroxyl groups excluding tert-OH is 1. The van der Waals surface area contributed by atoms with Gasteiger partial charge in [-0.15, -0.1) is 0 Å². The van der Waals surface area contributed by atoms with E-state index in [-0.39, 0.29) is 17.9 Å². The number of rotatable bonds is 8. The molecule has 2 N–H and O–H groups in total. The fourth-order valence-electron chi connectivity index (χ4n) is 3.52. The van der Waals surface area contributed by atoms with E-state index in [1.165, 1.54) is 25.4 Å². The van der Waals surface area contributed by atoms with Crippen molar-refractivity contribution < 1.29 is 28.5 Å². The molecule has 0 aliphatic rings. The van der Waals surface area contributed by atoms with Gasteiger partial charge in [0.1, 0.15) is 0 Å². The van der Waals surface area contributed by atoms with Crippen molar-refractivity contribution in [3.05, 3.63) is 69.5 Å². The van der Waals surface area contributed by atoms with Crippen LogP contribution < -0.4 is 14.5 Å². The Balaban J connectivity index is 2.18. The molecule has 0 spiro atoms. The number of aromatic nitrogens is 1. The van der Waals surface area contributed by atoms with Gasteiger partial charge in [0, 0.05) is 0 Å². The van der Waals surface area contributed by atoms with Gasteiger partial charge in [-0.05, 0) is 0 Å². The second-order valence-corrected chi connectivity index (χ2v) is 10.0. The molecule has 32 heavy (non-hydrogen) atoms. The summed E-state index contributed by atoms with van der Waals surface area (Å²) in [5.74, 6) is -2.21. The number of hydrogen-bond donors (Lipinski definition) is 2. The van der Waals surface area contributed by atoms with Crippen LogP contribution in [-0.4, -0.2) is 50.2 Å². The molecule has 1 unspecified atom stereocenters.